The maximum absolute atomic E-state index is 13.6. The summed E-state index contributed by atoms with van der Waals surface area (Å²) in [6.45, 7) is 10.1. The predicted octanol–water partition coefficient (Wildman–Crippen LogP) is 6.79. The van der Waals surface area contributed by atoms with Gasteiger partial charge in [-0.1, -0.05) is 56.2 Å². The van der Waals surface area contributed by atoms with Crippen LogP contribution in [0, 0.1) is 5.41 Å². The third-order valence-electron chi connectivity index (χ3n) is 7.65. The van der Waals surface area contributed by atoms with E-state index in [4.69, 9.17) is 9.47 Å². The van der Waals surface area contributed by atoms with Crippen molar-refractivity contribution in [3.8, 4) is 0 Å². The monoisotopic (exact) mass is 451 g/mol. The summed E-state index contributed by atoms with van der Waals surface area (Å²) in [5.74, 6) is -0.380. The Labute approximate surface area is 197 Å². The van der Waals surface area contributed by atoms with Crippen LogP contribution in [0.5, 0.6) is 0 Å². The minimum Gasteiger partial charge on any atom is -0.454 e. The van der Waals surface area contributed by atoms with Gasteiger partial charge >= 0.3 is 12.1 Å². The van der Waals surface area contributed by atoms with Gasteiger partial charge in [0, 0.05) is 12.1 Å². The van der Waals surface area contributed by atoms with Gasteiger partial charge < -0.3 is 14.4 Å². The van der Waals surface area contributed by atoms with Gasteiger partial charge in [-0.2, -0.15) is 0 Å². The summed E-state index contributed by atoms with van der Waals surface area (Å²) in [6, 6.07) is 14.5. The highest BCUT2D eigenvalue weighted by molar-refractivity contribution is 5.88. The van der Waals surface area contributed by atoms with Gasteiger partial charge in [0.2, 0.25) is 5.60 Å². The molecule has 1 saturated heterocycles. The first kappa shape index (κ1) is 23.6. The molecular weight excluding hydrogens is 414 g/mol. The summed E-state index contributed by atoms with van der Waals surface area (Å²) in [5, 5.41) is 2.27. The molecule has 2 aromatic rings. The van der Waals surface area contributed by atoms with Crippen LogP contribution in [0.2, 0.25) is 0 Å². The highest BCUT2D eigenvalue weighted by Crippen LogP contribution is 2.64. The number of fused-ring (bicyclic) bond motifs is 2. The lowest BCUT2D eigenvalue weighted by molar-refractivity contribution is -0.158. The van der Waals surface area contributed by atoms with Crippen molar-refractivity contribution in [3.63, 3.8) is 0 Å². The van der Waals surface area contributed by atoms with Crippen molar-refractivity contribution in [3.05, 3.63) is 48.0 Å². The number of esters is 1. The molecule has 178 valence electrons. The molecular formula is C28H37NO4. The molecule has 0 bridgehead atoms. The second-order valence-corrected chi connectivity index (χ2v) is 10.3. The SMILES string of the molecule is CCCC[C@]12CCC[C@@]1(OC(=O)N(C(C)C)C(C)C)C(=O)O[C@@H]2c1ccc2ccccc2c1. The van der Waals surface area contributed by atoms with Crippen LogP contribution in [0.15, 0.2) is 42.5 Å². The van der Waals surface area contributed by atoms with Crippen LogP contribution in [-0.2, 0) is 14.3 Å². The average Bonchev–Trinajstić information content (AvgIpc) is 3.24. The molecule has 1 amide bonds. The molecule has 1 heterocycles. The van der Waals surface area contributed by atoms with Crippen molar-refractivity contribution in [1.82, 2.24) is 4.90 Å². The number of cyclic esters (lactones) is 1. The molecule has 3 atom stereocenters. The standard InChI is InChI=1S/C28H37NO4/c1-6-7-15-27-16-10-17-28(27,33-26(31)29(19(2)3)20(4)5)25(30)32-24(27)23-14-13-21-11-8-9-12-22(21)18-23/h8-9,11-14,18-20,24H,6-7,10,15-17H2,1-5H3/t24-,27-,28-/m1/s1. The van der Waals surface area contributed by atoms with Crippen LogP contribution in [-0.4, -0.2) is 34.6 Å². The van der Waals surface area contributed by atoms with Crippen LogP contribution >= 0.6 is 0 Å². The minimum absolute atomic E-state index is 0.0194. The molecule has 5 heteroatoms. The zero-order valence-corrected chi connectivity index (χ0v) is 20.6. The third kappa shape index (κ3) is 3.79. The molecule has 1 aliphatic heterocycles. The number of carbonyl (C=O) groups is 2. The zero-order valence-electron chi connectivity index (χ0n) is 20.6. The summed E-state index contributed by atoms with van der Waals surface area (Å²) in [5.41, 5.74) is -0.780. The van der Waals surface area contributed by atoms with E-state index in [1.807, 2.05) is 39.8 Å². The lowest BCUT2D eigenvalue weighted by Crippen LogP contribution is -2.54. The molecule has 0 N–H and O–H groups in total. The van der Waals surface area contributed by atoms with Gasteiger partial charge in [-0.3, -0.25) is 0 Å². The largest absolute Gasteiger partial charge is 0.454 e. The number of benzene rings is 2. The number of hydrogen-bond acceptors (Lipinski definition) is 4. The lowest BCUT2D eigenvalue weighted by Gasteiger charge is -2.41. The normalized spacial score (nSPS) is 26.6. The van der Waals surface area contributed by atoms with Crippen molar-refractivity contribution >= 4 is 22.8 Å². The van der Waals surface area contributed by atoms with Gasteiger partial charge in [0.1, 0.15) is 6.10 Å². The van der Waals surface area contributed by atoms with Crippen molar-refractivity contribution in [1.29, 1.82) is 0 Å². The summed E-state index contributed by atoms with van der Waals surface area (Å²) < 4.78 is 12.4. The first-order valence-electron chi connectivity index (χ1n) is 12.5. The van der Waals surface area contributed by atoms with Crippen LogP contribution in [0.3, 0.4) is 0 Å². The molecule has 0 spiro atoms. The Morgan fingerprint density at radius 2 is 1.79 bits per heavy atom. The quantitative estimate of drug-likeness (QED) is 0.435. The number of rotatable bonds is 7. The third-order valence-corrected chi connectivity index (χ3v) is 7.65. The molecule has 1 saturated carbocycles. The first-order chi connectivity index (χ1) is 15.8. The van der Waals surface area contributed by atoms with Crippen LogP contribution in [0.1, 0.15) is 84.8 Å². The van der Waals surface area contributed by atoms with Gasteiger partial charge in [-0.05, 0) is 75.8 Å². The van der Waals surface area contributed by atoms with E-state index in [0.717, 1.165) is 48.4 Å². The van der Waals surface area contributed by atoms with Crippen LogP contribution in [0.25, 0.3) is 10.8 Å². The molecule has 0 unspecified atom stereocenters. The van der Waals surface area contributed by atoms with Gasteiger partial charge in [0.15, 0.2) is 0 Å². The van der Waals surface area contributed by atoms with E-state index in [1.165, 1.54) is 0 Å². The zero-order chi connectivity index (χ0) is 23.8. The molecule has 4 rings (SSSR count). The number of hydrogen-bond donors (Lipinski definition) is 0. The van der Waals surface area contributed by atoms with E-state index in [2.05, 4.69) is 37.3 Å². The summed E-state index contributed by atoms with van der Waals surface area (Å²) >= 11 is 0. The van der Waals surface area contributed by atoms with Crippen molar-refractivity contribution in [2.24, 2.45) is 5.41 Å². The number of nitrogens with zero attached hydrogens (tertiary/aromatic N) is 1. The highest BCUT2D eigenvalue weighted by atomic mass is 16.6. The minimum atomic E-state index is -1.22. The second kappa shape index (κ2) is 9.00. The van der Waals surface area contributed by atoms with Gasteiger partial charge in [-0.25, -0.2) is 9.59 Å². The number of ether oxygens (including phenoxy) is 2. The molecule has 5 nitrogen and oxygen atoms in total. The summed E-state index contributed by atoms with van der Waals surface area (Å²) in [7, 11) is 0. The molecule has 0 radical (unpaired) electrons. The Hall–Kier alpha value is -2.56. The molecule has 0 aromatic heterocycles. The summed E-state index contributed by atoms with van der Waals surface area (Å²) in [4.78, 5) is 28.7. The van der Waals surface area contributed by atoms with Crippen molar-refractivity contribution < 1.29 is 19.1 Å². The van der Waals surface area contributed by atoms with E-state index in [9.17, 15) is 9.59 Å². The van der Waals surface area contributed by atoms with Gasteiger partial charge in [0.05, 0.1) is 5.41 Å². The molecule has 2 aliphatic rings. The maximum atomic E-state index is 13.6. The van der Waals surface area contributed by atoms with Crippen molar-refractivity contribution in [2.75, 3.05) is 0 Å². The topological polar surface area (TPSA) is 55.8 Å². The fourth-order valence-corrected chi connectivity index (χ4v) is 6.19. The smallest absolute Gasteiger partial charge is 0.411 e. The Morgan fingerprint density at radius 3 is 2.45 bits per heavy atom. The predicted molar refractivity (Wildman–Crippen MR) is 130 cm³/mol. The Bertz CT molecular complexity index is 1020. The fourth-order valence-electron chi connectivity index (χ4n) is 6.19. The van der Waals surface area contributed by atoms with Gasteiger partial charge in [-0.15, -0.1) is 0 Å². The van der Waals surface area contributed by atoms with E-state index in [0.29, 0.717) is 6.42 Å². The Kier molecular flexibility index (Phi) is 6.43. The fraction of sp³-hybridized carbons (Fsp3) is 0.571. The maximum Gasteiger partial charge on any atom is 0.411 e. The molecule has 2 aromatic carbocycles. The van der Waals surface area contributed by atoms with E-state index < -0.39 is 23.2 Å². The Balaban J connectivity index is 1.77. The first-order valence-corrected chi connectivity index (χ1v) is 12.5. The van der Waals surface area contributed by atoms with Crippen LogP contribution < -0.4 is 0 Å². The van der Waals surface area contributed by atoms with E-state index >= 15 is 0 Å². The van der Waals surface area contributed by atoms with E-state index in [-0.39, 0.29) is 18.1 Å². The number of amides is 1. The Morgan fingerprint density at radius 1 is 1.09 bits per heavy atom. The van der Waals surface area contributed by atoms with Crippen LogP contribution in [0.4, 0.5) is 4.79 Å². The lowest BCUT2D eigenvalue weighted by atomic mass is 9.67. The number of unbranched alkanes of at least 4 members (excludes halogenated alkanes) is 1. The second-order valence-electron chi connectivity index (χ2n) is 10.3. The average molecular weight is 452 g/mol. The molecule has 2 fully saturated rings. The number of carbonyl (C=O) groups excluding carboxylic acids is 2. The highest BCUT2D eigenvalue weighted by Gasteiger charge is 2.72. The van der Waals surface area contributed by atoms with Crippen molar-refractivity contribution in [2.45, 2.75) is 96.9 Å². The van der Waals surface area contributed by atoms with E-state index in [1.54, 1.807) is 4.90 Å². The van der Waals surface area contributed by atoms with Gasteiger partial charge in [0.25, 0.3) is 0 Å². The molecule has 1 aliphatic carbocycles. The summed E-state index contributed by atoms with van der Waals surface area (Å²) in [6.07, 6.45) is 4.11. The molecule has 33 heavy (non-hydrogen) atoms.